The molecule has 0 aliphatic rings. The highest BCUT2D eigenvalue weighted by Crippen LogP contribution is 2.16. The van der Waals surface area contributed by atoms with Gasteiger partial charge in [-0.2, -0.15) is 0 Å². The van der Waals surface area contributed by atoms with E-state index in [0.29, 0.717) is 17.3 Å². The standard InChI is InChI=1S/C17H17ClN2O2/c1-13(21)20(16-8-3-2-4-9-16)11-10-17(22)19-15-7-5-6-14(18)12-15/h2-9,12H,10-11H2,1H3,(H,19,22). The summed E-state index contributed by atoms with van der Waals surface area (Å²) in [6, 6.07) is 16.2. The van der Waals surface area contributed by atoms with Crippen LogP contribution in [0.3, 0.4) is 0 Å². The molecule has 2 rings (SSSR count). The number of hydrogen-bond donors (Lipinski definition) is 1. The predicted molar refractivity (Wildman–Crippen MR) is 89.2 cm³/mol. The van der Waals surface area contributed by atoms with Gasteiger partial charge in [-0.1, -0.05) is 35.9 Å². The van der Waals surface area contributed by atoms with E-state index in [0.717, 1.165) is 5.69 Å². The molecule has 2 aromatic rings. The largest absolute Gasteiger partial charge is 0.326 e. The van der Waals surface area contributed by atoms with Gasteiger partial charge in [-0.3, -0.25) is 9.59 Å². The SMILES string of the molecule is CC(=O)N(CCC(=O)Nc1cccc(Cl)c1)c1ccccc1. The highest BCUT2D eigenvalue weighted by Gasteiger charge is 2.13. The summed E-state index contributed by atoms with van der Waals surface area (Å²) in [5.41, 5.74) is 1.43. The lowest BCUT2D eigenvalue weighted by Crippen LogP contribution is -2.31. The van der Waals surface area contributed by atoms with Crippen LogP contribution in [0, 0.1) is 0 Å². The summed E-state index contributed by atoms with van der Waals surface area (Å²) in [7, 11) is 0. The molecule has 0 aliphatic carbocycles. The molecule has 0 heterocycles. The topological polar surface area (TPSA) is 49.4 Å². The quantitative estimate of drug-likeness (QED) is 0.914. The van der Waals surface area contributed by atoms with Crippen molar-refractivity contribution in [3.63, 3.8) is 0 Å². The molecule has 2 amide bonds. The summed E-state index contributed by atoms with van der Waals surface area (Å²) >= 11 is 5.87. The minimum absolute atomic E-state index is 0.0956. The molecular weight excluding hydrogens is 300 g/mol. The number of benzene rings is 2. The number of nitrogens with one attached hydrogen (secondary N) is 1. The fraction of sp³-hybridized carbons (Fsp3) is 0.176. The molecule has 2 aromatic carbocycles. The lowest BCUT2D eigenvalue weighted by atomic mass is 10.2. The number of carbonyl (C=O) groups excluding carboxylic acids is 2. The second-order valence-electron chi connectivity index (χ2n) is 4.81. The Morgan fingerprint density at radius 3 is 2.45 bits per heavy atom. The monoisotopic (exact) mass is 316 g/mol. The molecule has 0 radical (unpaired) electrons. The second-order valence-corrected chi connectivity index (χ2v) is 5.25. The molecule has 0 saturated carbocycles. The van der Waals surface area contributed by atoms with Gasteiger partial charge in [-0.15, -0.1) is 0 Å². The van der Waals surface area contributed by atoms with Gasteiger partial charge in [-0.05, 0) is 30.3 Å². The van der Waals surface area contributed by atoms with Crippen molar-refractivity contribution in [2.75, 3.05) is 16.8 Å². The Morgan fingerprint density at radius 2 is 1.82 bits per heavy atom. The fourth-order valence-electron chi connectivity index (χ4n) is 2.08. The van der Waals surface area contributed by atoms with Crippen LogP contribution in [0.15, 0.2) is 54.6 Å². The molecule has 0 spiro atoms. The number of rotatable bonds is 5. The van der Waals surface area contributed by atoms with Crippen LogP contribution in [0.1, 0.15) is 13.3 Å². The Bertz CT molecular complexity index is 659. The lowest BCUT2D eigenvalue weighted by Gasteiger charge is -2.20. The van der Waals surface area contributed by atoms with E-state index >= 15 is 0 Å². The van der Waals surface area contributed by atoms with E-state index in [2.05, 4.69) is 5.32 Å². The van der Waals surface area contributed by atoms with Crippen LogP contribution in [-0.2, 0) is 9.59 Å². The van der Waals surface area contributed by atoms with Gasteiger partial charge in [0.1, 0.15) is 0 Å². The first-order valence-corrected chi connectivity index (χ1v) is 7.32. The number of carbonyl (C=O) groups is 2. The van der Waals surface area contributed by atoms with Crippen molar-refractivity contribution in [1.82, 2.24) is 0 Å². The summed E-state index contributed by atoms with van der Waals surface area (Å²) in [5, 5.41) is 3.33. The van der Waals surface area contributed by atoms with Crippen LogP contribution in [0.2, 0.25) is 5.02 Å². The molecule has 4 nitrogen and oxygen atoms in total. The molecule has 0 atom stereocenters. The van der Waals surface area contributed by atoms with E-state index in [1.165, 1.54) is 6.92 Å². The highest BCUT2D eigenvalue weighted by atomic mass is 35.5. The van der Waals surface area contributed by atoms with Gasteiger partial charge >= 0.3 is 0 Å². The Morgan fingerprint density at radius 1 is 1.09 bits per heavy atom. The van der Waals surface area contributed by atoms with Crippen LogP contribution in [0.4, 0.5) is 11.4 Å². The number of para-hydroxylation sites is 1. The Balaban J connectivity index is 1.95. The van der Waals surface area contributed by atoms with E-state index in [1.54, 1.807) is 29.2 Å². The number of amides is 2. The average molecular weight is 317 g/mol. The normalized spacial score (nSPS) is 10.1. The van der Waals surface area contributed by atoms with Gasteiger partial charge in [0.05, 0.1) is 0 Å². The summed E-state index contributed by atoms with van der Waals surface area (Å²) < 4.78 is 0. The highest BCUT2D eigenvalue weighted by molar-refractivity contribution is 6.30. The lowest BCUT2D eigenvalue weighted by molar-refractivity contribution is -0.117. The molecule has 0 fully saturated rings. The Labute approximate surface area is 134 Å². The van der Waals surface area contributed by atoms with Gasteiger partial charge in [0, 0.05) is 36.3 Å². The van der Waals surface area contributed by atoms with Crippen LogP contribution < -0.4 is 10.2 Å². The van der Waals surface area contributed by atoms with Gasteiger partial charge < -0.3 is 10.2 Å². The maximum atomic E-state index is 12.0. The van der Waals surface area contributed by atoms with Crippen LogP contribution in [0.25, 0.3) is 0 Å². The van der Waals surface area contributed by atoms with Crippen LogP contribution in [-0.4, -0.2) is 18.4 Å². The van der Waals surface area contributed by atoms with Crippen molar-refractivity contribution < 1.29 is 9.59 Å². The average Bonchev–Trinajstić information content (AvgIpc) is 2.48. The Kier molecular flexibility index (Phi) is 5.55. The van der Waals surface area contributed by atoms with Crippen LogP contribution in [0.5, 0.6) is 0 Å². The zero-order valence-electron chi connectivity index (χ0n) is 12.3. The Hall–Kier alpha value is -2.33. The zero-order valence-corrected chi connectivity index (χ0v) is 13.0. The molecule has 0 bridgehead atoms. The number of halogens is 1. The molecule has 0 aromatic heterocycles. The molecule has 1 N–H and O–H groups in total. The summed E-state index contributed by atoms with van der Waals surface area (Å²) in [5.74, 6) is -0.258. The first-order chi connectivity index (χ1) is 10.6. The van der Waals surface area contributed by atoms with Crippen molar-refractivity contribution in [2.45, 2.75) is 13.3 Å². The number of hydrogen-bond acceptors (Lipinski definition) is 2. The minimum Gasteiger partial charge on any atom is -0.326 e. The molecule has 0 unspecified atom stereocenters. The predicted octanol–water partition coefficient (Wildman–Crippen LogP) is 3.72. The molecule has 0 saturated heterocycles. The van der Waals surface area contributed by atoms with Crippen LogP contribution >= 0.6 is 11.6 Å². The van der Waals surface area contributed by atoms with Gasteiger partial charge in [-0.25, -0.2) is 0 Å². The maximum Gasteiger partial charge on any atom is 0.226 e. The van der Waals surface area contributed by atoms with Crippen molar-refractivity contribution in [3.05, 3.63) is 59.6 Å². The van der Waals surface area contributed by atoms with E-state index in [-0.39, 0.29) is 18.2 Å². The molecular formula is C17H17ClN2O2. The van der Waals surface area contributed by atoms with Crippen molar-refractivity contribution in [1.29, 1.82) is 0 Å². The van der Waals surface area contributed by atoms with Crippen molar-refractivity contribution in [3.8, 4) is 0 Å². The first-order valence-electron chi connectivity index (χ1n) is 6.95. The fourth-order valence-corrected chi connectivity index (χ4v) is 2.27. The van der Waals surface area contributed by atoms with E-state index in [1.807, 2.05) is 30.3 Å². The number of nitrogens with zero attached hydrogens (tertiary/aromatic N) is 1. The smallest absolute Gasteiger partial charge is 0.226 e. The molecule has 114 valence electrons. The van der Waals surface area contributed by atoms with E-state index in [4.69, 9.17) is 11.6 Å². The summed E-state index contributed by atoms with van der Waals surface area (Å²) in [6.45, 7) is 1.81. The summed E-state index contributed by atoms with van der Waals surface area (Å²) in [6.07, 6.45) is 0.209. The van der Waals surface area contributed by atoms with Crippen molar-refractivity contribution >= 4 is 34.8 Å². The second kappa shape index (κ2) is 7.61. The third-order valence-electron chi connectivity index (χ3n) is 3.12. The van der Waals surface area contributed by atoms with E-state index in [9.17, 15) is 9.59 Å². The zero-order chi connectivity index (χ0) is 15.9. The minimum atomic E-state index is -0.163. The van der Waals surface area contributed by atoms with E-state index < -0.39 is 0 Å². The van der Waals surface area contributed by atoms with Crippen molar-refractivity contribution in [2.24, 2.45) is 0 Å². The van der Waals surface area contributed by atoms with Gasteiger partial charge in [0.2, 0.25) is 11.8 Å². The number of anilines is 2. The molecule has 0 aliphatic heterocycles. The van der Waals surface area contributed by atoms with Gasteiger partial charge in [0.25, 0.3) is 0 Å². The third kappa shape index (κ3) is 4.60. The maximum absolute atomic E-state index is 12.0. The first kappa shape index (κ1) is 16.0. The van der Waals surface area contributed by atoms with Gasteiger partial charge in [0.15, 0.2) is 0 Å². The molecule has 5 heteroatoms. The third-order valence-corrected chi connectivity index (χ3v) is 3.35. The summed E-state index contributed by atoms with van der Waals surface area (Å²) in [4.78, 5) is 25.3. The molecule has 22 heavy (non-hydrogen) atoms.